The molecule has 0 saturated carbocycles. The quantitative estimate of drug-likeness (QED) is 0.582. The Balaban J connectivity index is 2.16. The van der Waals surface area contributed by atoms with Crippen LogP contribution in [0.5, 0.6) is 0 Å². The molecule has 3 heteroatoms. The third kappa shape index (κ3) is 5.48. The van der Waals surface area contributed by atoms with Crippen LogP contribution in [-0.2, 0) is 17.9 Å². The number of carbonyl (C=O) groups excluding carboxylic acids is 1. The van der Waals surface area contributed by atoms with E-state index in [-0.39, 0.29) is 11.3 Å². The van der Waals surface area contributed by atoms with Gasteiger partial charge in [0.1, 0.15) is 0 Å². The van der Waals surface area contributed by atoms with Gasteiger partial charge < -0.3 is 9.47 Å². The molecule has 1 aromatic carbocycles. The van der Waals surface area contributed by atoms with Crippen LogP contribution in [0.25, 0.3) is 0 Å². The number of carbonyl (C=O) groups is 1. The molecule has 0 bridgehead atoms. The minimum atomic E-state index is -0.348. The third-order valence-electron chi connectivity index (χ3n) is 4.84. The zero-order valence-corrected chi connectivity index (χ0v) is 17.1. The normalized spacial score (nSPS) is 11.6. The Bertz CT molecular complexity index is 709. The highest BCUT2D eigenvalue weighted by Crippen LogP contribution is 2.21. The molecule has 1 amide bonds. The standard InChI is InChI=1S/C23H34N2O/c1-6-7-10-15-25(22(26)23(3,4)5)18-21-14-11-16-24(21)17-20-13-9-8-12-19(20)2/h8-9,11-14,16H,6-7,10,15,17-18H2,1-5H3. The van der Waals surface area contributed by atoms with Gasteiger partial charge in [0.05, 0.1) is 6.54 Å². The predicted molar refractivity (Wildman–Crippen MR) is 109 cm³/mol. The molecule has 0 aliphatic rings. The van der Waals surface area contributed by atoms with Crippen molar-refractivity contribution in [2.45, 2.75) is 67.0 Å². The summed E-state index contributed by atoms with van der Waals surface area (Å²) < 4.78 is 2.27. The maximum absolute atomic E-state index is 12.9. The lowest BCUT2D eigenvalue weighted by Gasteiger charge is -2.30. The van der Waals surface area contributed by atoms with Crippen molar-refractivity contribution in [3.8, 4) is 0 Å². The van der Waals surface area contributed by atoms with E-state index in [4.69, 9.17) is 0 Å². The molecule has 2 rings (SSSR count). The second kappa shape index (κ2) is 9.07. The van der Waals surface area contributed by atoms with Gasteiger partial charge in [0.25, 0.3) is 0 Å². The lowest BCUT2D eigenvalue weighted by molar-refractivity contribution is -0.140. The molecule has 0 N–H and O–H groups in total. The first-order valence-electron chi connectivity index (χ1n) is 9.81. The van der Waals surface area contributed by atoms with Crippen LogP contribution in [-0.4, -0.2) is 21.9 Å². The molecule has 0 atom stereocenters. The van der Waals surface area contributed by atoms with Crippen molar-refractivity contribution in [2.24, 2.45) is 5.41 Å². The van der Waals surface area contributed by atoms with Crippen LogP contribution in [0.1, 0.15) is 63.8 Å². The van der Waals surface area contributed by atoms with E-state index in [2.05, 4.69) is 61.0 Å². The van der Waals surface area contributed by atoms with E-state index < -0.39 is 0 Å². The Kier molecular flexibility index (Phi) is 7.07. The first-order chi connectivity index (χ1) is 12.3. The number of hydrogen-bond acceptors (Lipinski definition) is 1. The van der Waals surface area contributed by atoms with Crippen molar-refractivity contribution < 1.29 is 4.79 Å². The van der Waals surface area contributed by atoms with Crippen LogP contribution in [0.2, 0.25) is 0 Å². The van der Waals surface area contributed by atoms with Gasteiger partial charge in [-0.1, -0.05) is 64.8 Å². The summed E-state index contributed by atoms with van der Waals surface area (Å²) in [5.74, 6) is 0.234. The Morgan fingerprint density at radius 3 is 2.46 bits per heavy atom. The predicted octanol–water partition coefficient (Wildman–Crippen LogP) is 5.41. The molecular weight excluding hydrogens is 320 g/mol. The number of amides is 1. The fourth-order valence-electron chi connectivity index (χ4n) is 3.19. The Labute approximate surface area is 159 Å². The zero-order valence-electron chi connectivity index (χ0n) is 17.1. The van der Waals surface area contributed by atoms with E-state index >= 15 is 0 Å². The number of nitrogens with zero attached hydrogens (tertiary/aromatic N) is 2. The molecule has 0 unspecified atom stereocenters. The molecule has 0 saturated heterocycles. The molecule has 2 aromatic rings. The Morgan fingerprint density at radius 2 is 1.81 bits per heavy atom. The first-order valence-corrected chi connectivity index (χ1v) is 9.81. The maximum atomic E-state index is 12.9. The number of rotatable bonds is 8. The number of aryl methyl sites for hydroxylation is 1. The molecule has 142 valence electrons. The highest BCUT2D eigenvalue weighted by molar-refractivity contribution is 5.81. The minimum absolute atomic E-state index is 0.234. The average molecular weight is 355 g/mol. The van der Waals surface area contributed by atoms with Crippen LogP contribution in [0, 0.1) is 12.3 Å². The van der Waals surface area contributed by atoms with E-state index in [1.807, 2.05) is 25.7 Å². The van der Waals surface area contributed by atoms with E-state index in [0.29, 0.717) is 6.54 Å². The van der Waals surface area contributed by atoms with E-state index in [1.54, 1.807) is 0 Å². The van der Waals surface area contributed by atoms with Crippen LogP contribution in [0.4, 0.5) is 0 Å². The summed E-state index contributed by atoms with van der Waals surface area (Å²) in [5, 5.41) is 0. The molecule has 0 fully saturated rings. The molecule has 26 heavy (non-hydrogen) atoms. The number of hydrogen-bond donors (Lipinski definition) is 0. The average Bonchev–Trinajstić information content (AvgIpc) is 3.01. The highest BCUT2D eigenvalue weighted by atomic mass is 16.2. The second-order valence-corrected chi connectivity index (χ2v) is 8.24. The van der Waals surface area contributed by atoms with Gasteiger partial charge in [-0.05, 0) is 36.6 Å². The fraction of sp³-hybridized carbons (Fsp3) is 0.522. The topological polar surface area (TPSA) is 25.2 Å². The molecular formula is C23H34N2O. The second-order valence-electron chi connectivity index (χ2n) is 8.24. The van der Waals surface area contributed by atoms with Gasteiger partial charge in [-0.3, -0.25) is 4.79 Å². The van der Waals surface area contributed by atoms with Gasteiger partial charge in [-0.25, -0.2) is 0 Å². The summed E-state index contributed by atoms with van der Waals surface area (Å²) in [6.07, 6.45) is 5.52. The third-order valence-corrected chi connectivity index (χ3v) is 4.84. The van der Waals surface area contributed by atoms with Crippen LogP contribution < -0.4 is 0 Å². The summed E-state index contributed by atoms with van der Waals surface area (Å²) in [4.78, 5) is 15.0. The zero-order chi connectivity index (χ0) is 19.2. The summed E-state index contributed by atoms with van der Waals surface area (Å²) >= 11 is 0. The molecule has 3 nitrogen and oxygen atoms in total. The van der Waals surface area contributed by atoms with Gasteiger partial charge in [0, 0.05) is 30.4 Å². The van der Waals surface area contributed by atoms with Gasteiger partial charge in [-0.15, -0.1) is 0 Å². The van der Waals surface area contributed by atoms with Crippen molar-refractivity contribution in [1.82, 2.24) is 9.47 Å². The smallest absolute Gasteiger partial charge is 0.228 e. The Morgan fingerprint density at radius 1 is 1.08 bits per heavy atom. The summed E-state index contributed by atoms with van der Waals surface area (Å²) in [5.41, 5.74) is 3.48. The van der Waals surface area contributed by atoms with Gasteiger partial charge in [-0.2, -0.15) is 0 Å². The van der Waals surface area contributed by atoms with Gasteiger partial charge in [0.15, 0.2) is 0 Å². The van der Waals surface area contributed by atoms with Gasteiger partial charge >= 0.3 is 0 Å². The summed E-state index contributed by atoms with van der Waals surface area (Å²) in [7, 11) is 0. The molecule has 1 aromatic heterocycles. The van der Waals surface area contributed by atoms with E-state index in [9.17, 15) is 4.79 Å². The van der Waals surface area contributed by atoms with Crippen molar-refractivity contribution in [3.05, 3.63) is 59.4 Å². The highest BCUT2D eigenvalue weighted by Gasteiger charge is 2.27. The van der Waals surface area contributed by atoms with Crippen LogP contribution in [0.3, 0.4) is 0 Å². The number of unbranched alkanes of at least 4 members (excludes halogenated alkanes) is 2. The molecule has 0 radical (unpaired) electrons. The van der Waals surface area contributed by atoms with Crippen molar-refractivity contribution in [3.63, 3.8) is 0 Å². The number of benzene rings is 1. The monoisotopic (exact) mass is 354 g/mol. The SMILES string of the molecule is CCCCCN(Cc1cccn1Cc1ccccc1C)C(=O)C(C)(C)C. The summed E-state index contributed by atoms with van der Waals surface area (Å²) in [6, 6.07) is 12.7. The summed E-state index contributed by atoms with van der Waals surface area (Å²) in [6.45, 7) is 12.7. The van der Waals surface area contributed by atoms with Crippen molar-refractivity contribution >= 4 is 5.91 Å². The molecule has 0 aliphatic heterocycles. The van der Waals surface area contributed by atoms with Crippen molar-refractivity contribution in [1.29, 1.82) is 0 Å². The van der Waals surface area contributed by atoms with Crippen LogP contribution in [0.15, 0.2) is 42.6 Å². The van der Waals surface area contributed by atoms with Crippen LogP contribution >= 0.6 is 0 Å². The molecule has 0 spiro atoms. The van der Waals surface area contributed by atoms with Gasteiger partial charge in [0.2, 0.25) is 5.91 Å². The molecule has 0 aliphatic carbocycles. The van der Waals surface area contributed by atoms with E-state index in [1.165, 1.54) is 23.2 Å². The fourth-order valence-corrected chi connectivity index (χ4v) is 3.19. The van der Waals surface area contributed by atoms with Crippen molar-refractivity contribution in [2.75, 3.05) is 6.54 Å². The first kappa shape index (κ1) is 20.3. The Hall–Kier alpha value is -2.03. The maximum Gasteiger partial charge on any atom is 0.228 e. The minimum Gasteiger partial charge on any atom is -0.345 e. The van der Waals surface area contributed by atoms with E-state index in [0.717, 1.165) is 25.9 Å². The lowest BCUT2D eigenvalue weighted by atomic mass is 9.94. The largest absolute Gasteiger partial charge is 0.345 e. The number of aromatic nitrogens is 1. The lowest BCUT2D eigenvalue weighted by Crippen LogP contribution is -2.40. The molecule has 1 heterocycles.